The van der Waals surface area contributed by atoms with Gasteiger partial charge in [0.25, 0.3) is 5.91 Å². The summed E-state index contributed by atoms with van der Waals surface area (Å²) in [5.74, 6) is 0.540. The van der Waals surface area contributed by atoms with Gasteiger partial charge >= 0.3 is 0 Å². The number of carbonyl (C=O) groups excluding carboxylic acids is 1. The van der Waals surface area contributed by atoms with Gasteiger partial charge in [-0.05, 0) is 43.5 Å². The summed E-state index contributed by atoms with van der Waals surface area (Å²) in [6.45, 7) is 1.97. The van der Waals surface area contributed by atoms with E-state index in [0.717, 1.165) is 0 Å². The number of ether oxygens (including phenoxy) is 1. The first kappa shape index (κ1) is 16.3. The summed E-state index contributed by atoms with van der Waals surface area (Å²) in [5.41, 5.74) is 0.520. The number of amides is 1. The Morgan fingerprint density at radius 1 is 1.45 bits per heavy atom. The van der Waals surface area contributed by atoms with Crippen LogP contribution in [0.25, 0.3) is 0 Å². The van der Waals surface area contributed by atoms with Gasteiger partial charge in [0.2, 0.25) is 0 Å². The van der Waals surface area contributed by atoms with Crippen molar-refractivity contribution in [3.05, 3.63) is 29.8 Å². The van der Waals surface area contributed by atoms with Crippen molar-refractivity contribution in [3.63, 3.8) is 0 Å². The van der Waals surface area contributed by atoms with Gasteiger partial charge < -0.3 is 10.1 Å². The van der Waals surface area contributed by atoms with Gasteiger partial charge in [0.15, 0.2) is 15.9 Å². The molecule has 0 aromatic heterocycles. The standard InChI is InChI=1S/C15H18N2O4S/c1-11(21-14-4-2-12(8-16)3-5-14)15(18)17-9-13-6-7-22(19,20)10-13/h2-5,11,13H,6-7,9-10H2,1H3,(H,17,18)/t11-,13+/m1/s1. The summed E-state index contributed by atoms with van der Waals surface area (Å²) < 4.78 is 28.2. The van der Waals surface area contributed by atoms with Crippen LogP contribution in [-0.4, -0.2) is 38.5 Å². The van der Waals surface area contributed by atoms with Gasteiger partial charge in [-0.2, -0.15) is 5.26 Å². The van der Waals surface area contributed by atoms with Gasteiger partial charge in [-0.3, -0.25) is 4.79 Å². The van der Waals surface area contributed by atoms with Crippen LogP contribution < -0.4 is 10.1 Å². The number of hydrogen-bond acceptors (Lipinski definition) is 5. The average Bonchev–Trinajstić information content (AvgIpc) is 2.84. The van der Waals surface area contributed by atoms with Crippen LogP contribution in [0, 0.1) is 17.2 Å². The highest BCUT2D eigenvalue weighted by molar-refractivity contribution is 7.91. The van der Waals surface area contributed by atoms with Crippen LogP contribution in [0.5, 0.6) is 5.75 Å². The quantitative estimate of drug-likeness (QED) is 0.868. The van der Waals surface area contributed by atoms with Crippen LogP contribution >= 0.6 is 0 Å². The molecule has 0 bridgehead atoms. The number of benzene rings is 1. The Morgan fingerprint density at radius 2 is 2.14 bits per heavy atom. The number of rotatable bonds is 5. The number of sulfone groups is 1. The summed E-state index contributed by atoms with van der Waals surface area (Å²) in [4.78, 5) is 12.0. The van der Waals surface area contributed by atoms with Crippen LogP contribution in [0.15, 0.2) is 24.3 Å². The molecule has 0 radical (unpaired) electrons. The molecule has 1 saturated heterocycles. The molecule has 2 rings (SSSR count). The lowest BCUT2D eigenvalue weighted by molar-refractivity contribution is -0.127. The zero-order chi connectivity index (χ0) is 16.2. The molecule has 1 aliphatic rings. The number of nitrogens with one attached hydrogen (secondary N) is 1. The maximum absolute atomic E-state index is 12.0. The first-order chi connectivity index (χ1) is 10.4. The highest BCUT2D eigenvalue weighted by Gasteiger charge is 2.28. The van der Waals surface area contributed by atoms with Crippen molar-refractivity contribution in [3.8, 4) is 11.8 Å². The zero-order valence-corrected chi connectivity index (χ0v) is 13.1. The van der Waals surface area contributed by atoms with Crippen LogP contribution in [0.4, 0.5) is 0 Å². The molecule has 2 atom stereocenters. The van der Waals surface area contributed by atoms with Gasteiger partial charge in [-0.15, -0.1) is 0 Å². The molecule has 118 valence electrons. The monoisotopic (exact) mass is 322 g/mol. The first-order valence-corrected chi connectivity index (χ1v) is 8.87. The van der Waals surface area contributed by atoms with Crippen LogP contribution in [0.3, 0.4) is 0 Å². The second-order valence-corrected chi connectivity index (χ2v) is 7.64. The minimum Gasteiger partial charge on any atom is -0.481 e. The lowest BCUT2D eigenvalue weighted by atomic mass is 10.1. The molecule has 1 aliphatic heterocycles. The number of nitrogens with zero attached hydrogens (tertiary/aromatic N) is 1. The third-order valence-corrected chi connectivity index (χ3v) is 5.39. The molecule has 1 N–H and O–H groups in total. The van der Waals surface area contributed by atoms with Crippen LogP contribution in [-0.2, 0) is 14.6 Å². The SMILES string of the molecule is C[C@@H](Oc1ccc(C#N)cc1)C(=O)NC[C@@H]1CCS(=O)(=O)C1. The van der Waals surface area contributed by atoms with Crippen molar-refractivity contribution in [2.75, 3.05) is 18.1 Å². The molecule has 0 saturated carbocycles. The smallest absolute Gasteiger partial charge is 0.260 e. The second kappa shape index (κ2) is 6.79. The van der Waals surface area contributed by atoms with Gasteiger partial charge in [0.05, 0.1) is 23.1 Å². The van der Waals surface area contributed by atoms with Crippen molar-refractivity contribution in [2.24, 2.45) is 5.92 Å². The maximum atomic E-state index is 12.0. The number of hydrogen-bond donors (Lipinski definition) is 1. The summed E-state index contributed by atoms with van der Waals surface area (Å²) >= 11 is 0. The molecule has 22 heavy (non-hydrogen) atoms. The Balaban J connectivity index is 1.80. The molecule has 0 unspecified atom stereocenters. The summed E-state index contributed by atoms with van der Waals surface area (Å²) in [7, 11) is -2.93. The number of nitriles is 1. The van der Waals surface area contributed by atoms with Crippen molar-refractivity contribution in [1.82, 2.24) is 5.32 Å². The third-order valence-electron chi connectivity index (χ3n) is 3.56. The maximum Gasteiger partial charge on any atom is 0.260 e. The minimum absolute atomic E-state index is 0.0175. The van der Waals surface area contributed by atoms with Gasteiger partial charge in [0.1, 0.15) is 5.75 Å². The lowest BCUT2D eigenvalue weighted by Gasteiger charge is -2.16. The predicted molar refractivity (Wildman–Crippen MR) is 81.0 cm³/mol. The number of carbonyl (C=O) groups is 1. The molecular weight excluding hydrogens is 304 g/mol. The van der Waals surface area contributed by atoms with E-state index in [0.29, 0.717) is 24.3 Å². The molecule has 1 amide bonds. The fourth-order valence-corrected chi connectivity index (χ4v) is 4.15. The average molecular weight is 322 g/mol. The van der Waals surface area contributed by atoms with Crippen LogP contribution in [0.2, 0.25) is 0 Å². The first-order valence-electron chi connectivity index (χ1n) is 7.04. The van der Waals surface area contributed by atoms with Crippen molar-refractivity contribution in [2.45, 2.75) is 19.4 Å². The van der Waals surface area contributed by atoms with Crippen LogP contribution in [0.1, 0.15) is 18.9 Å². The van der Waals surface area contributed by atoms with Crippen molar-refractivity contribution < 1.29 is 17.9 Å². The van der Waals surface area contributed by atoms with E-state index in [9.17, 15) is 13.2 Å². The highest BCUT2D eigenvalue weighted by Crippen LogP contribution is 2.17. The fourth-order valence-electron chi connectivity index (χ4n) is 2.29. The van der Waals surface area contributed by atoms with Crippen molar-refractivity contribution in [1.29, 1.82) is 5.26 Å². The Morgan fingerprint density at radius 3 is 2.68 bits per heavy atom. The zero-order valence-electron chi connectivity index (χ0n) is 12.3. The van der Waals surface area contributed by atoms with E-state index in [1.54, 1.807) is 31.2 Å². The third kappa shape index (κ3) is 4.46. The molecular formula is C15H18N2O4S. The molecule has 1 fully saturated rings. The Labute approximate surface area is 130 Å². The van der Waals surface area contributed by atoms with E-state index in [4.69, 9.17) is 10.00 Å². The van der Waals surface area contributed by atoms with Gasteiger partial charge in [-0.25, -0.2) is 8.42 Å². The molecule has 0 aliphatic carbocycles. The minimum atomic E-state index is -2.93. The molecule has 0 spiro atoms. The van der Waals surface area contributed by atoms with E-state index >= 15 is 0 Å². The molecule has 1 aromatic rings. The van der Waals surface area contributed by atoms with E-state index in [-0.39, 0.29) is 23.3 Å². The van der Waals surface area contributed by atoms with E-state index in [2.05, 4.69) is 5.32 Å². The van der Waals surface area contributed by atoms with Crippen molar-refractivity contribution >= 4 is 15.7 Å². The van der Waals surface area contributed by atoms with Gasteiger partial charge in [-0.1, -0.05) is 0 Å². The Kier molecular flexibility index (Phi) is 5.03. The van der Waals surface area contributed by atoms with E-state index < -0.39 is 15.9 Å². The topological polar surface area (TPSA) is 96.3 Å². The van der Waals surface area contributed by atoms with Gasteiger partial charge in [0, 0.05) is 6.54 Å². The normalized spacial score (nSPS) is 20.8. The molecule has 6 nitrogen and oxygen atoms in total. The summed E-state index contributed by atoms with van der Waals surface area (Å²) in [6.07, 6.45) is -0.0982. The molecule has 1 aromatic carbocycles. The van der Waals surface area contributed by atoms with E-state index in [1.165, 1.54) is 0 Å². The Hall–Kier alpha value is -2.07. The molecule has 1 heterocycles. The second-order valence-electron chi connectivity index (χ2n) is 5.41. The largest absolute Gasteiger partial charge is 0.481 e. The summed E-state index contributed by atoms with van der Waals surface area (Å²) in [6, 6.07) is 8.50. The fraction of sp³-hybridized carbons (Fsp3) is 0.467. The van der Waals surface area contributed by atoms with E-state index in [1.807, 2.05) is 6.07 Å². The molecule has 7 heteroatoms. The highest BCUT2D eigenvalue weighted by atomic mass is 32.2. The Bertz CT molecular complexity index is 676. The summed E-state index contributed by atoms with van der Waals surface area (Å²) in [5, 5.41) is 11.4. The lowest BCUT2D eigenvalue weighted by Crippen LogP contribution is -2.39. The predicted octanol–water partition coefficient (Wildman–Crippen LogP) is 0.876.